The van der Waals surface area contributed by atoms with Crippen LogP contribution in [0.15, 0.2) is 18.2 Å². The molecule has 0 atom stereocenters. The highest BCUT2D eigenvalue weighted by Gasteiger charge is 2.41. The van der Waals surface area contributed by atoms with Crippen molar-refractivity contribution in [2.24, 2.45) is 0 Å². The van der Waals surface area contributed by atoms with Gasteiger partial charge in [0.15, 0.2) is 0 Å². The van der Waals surface area contributed by atoms with Crippen LogP contribution < -0.4 is 0 Å². The van der Waals surface area contributed by atoms with Gasteiger partial charge in [0.25, 0.3) is 5.69 Å². The Morgan fingerprint density at radius 1 is 1.53 bits per heavy atom. The second-order valence-electron chi connectivity index (χ2n) is 4.29. The number of nitro groups is 1. The van der Waals surface area contributed by atoms with Crippen LogP contribution in [0, 0.1) is 17.0 Å². The highest BCUT2D eigenvalue weighted by molar-refractivity contribution is 5.43. The van der Waals surface area contributed by atoms with Gasteiger partial charge in [0.2, 0.25) is 0 Å². The van der Waals surface area contributed by atoms with E-state index in [4.69, 9.17) is 0 Å². The summed E-state index contributed by atoms with van der Waals surface area (Å²) < 4.78 is 0. The monoisotopic (exact) mass is 207 g/mol. The number of nitrogens with zero attached hydrogens (tertiary/aromatic N) is 1. The largest absolute Gasteiger partial charge is 0.390 e. The summed E-state index contributed by atoms with van der Waals surface area (Å²) in [5.41, 5.74) is 1.05. The average molecular weight is 207 g/mol. The van der Waals surface area contributed by atoms with Gasteiger partial charge in [-0.05, 0) is 25.8 Å². The second-order valence-corrected chi connectivity index (χ2v) is 4.29. The second kappa shape index (κ2) is 3.31. The van der Waals surface area contributed by atoms with Crippen molar-refractivity contribution in [2.45, 2.75) is 31.8 Å². The van der Waals surface area contributed by atoms with Crippen molar-refractivity contribution in [3.05, 3.63) is 39.4 Å². The van der Waals surface area contributed by atoms with Gasteiger partial charge in [-0.2, -0.15) is 0 Å². The number of hydrogen-bond donors (Lipinski definition) is 1. The minimum Gasteiger partial charge on any atom is -0.390 e. The summed E-state index contributed by atoms with van der Waals surface area (Å²) in [5.74, 6) is 0. The van der Waals surface area contributed by atoms with Gasteiger partial charge in [-0.3, -0.25) is 10.1 Å². The molecule has 0 bridgehead atoms. The molecule has 1 aromatic rings. The van der Waals surface area contributed by atoms with Crippen LogP contribution in [0.5, 0.6) is 0 Å². The maximum absolute atomic E-state index is 10.8. The predicted octanol–water partition coefficient (Wildman–Crippen LogP) is 1.97. The number of aliphatic hydroxyl groups is 1. The van der Waals surface area contributed by atoms with Crippen LogP contribution in [-0.4, -0.2) is 15.6 Å². The molecule has 4 heteroatoms. The fourth-order valence-electron chi connectivity index (χ4n) is 1.71. The van der Waals surface area contributed by atoms with Crippen molar-refractivity contribution in [2.75, 3.05) is 0 Å². The van der Waals surface area contributed by atoms with Gasteiger partial charge in [-0.25, -0.2) is 0 Å². The fraction of sp³-hybridized carbons (Fsp3) is 0.455. The quantitative estimate of drug-likeness (QED) is 0.608. The first-order chi connectivity index (χ1) is 7.00. The number of aryl methyl sites for hydroxylation is 1. The molecule has 15 heavy (non-hydrogen) atoms. The van der Waals surface area contributed by atoms with Gasteiger partial charge in [0.1, 0.15) is 0 Å². The van der Waals surface area contributed by atoms with E-state index < -0.39 is 5.60 Å². The van der Waals surface area contributed by atoms with Gasteiger partial charge < -0.3 is 5.11 Å². The van der Waals surface area contributed by atoms with E-state index >= 15 is 0 Å². The standard InChI is InChI=1S/C11H13NO3/c1-8-2-3-10(12(14)15)9(6-8)7-11(13)4-5-11/h2-3,6,13H,4-5,7H2,1H3. The third-order valence-electron chi connectivity index (χ3n) is 2.78. The van der Waals surface area contributed by atoms with E-state index in [0.717, 1.165) is 18.4 Å². The Bertz CT molecular complexity index is 410. The lowest BCUT2D eigenvalue weighted by Crippen LogP contribution is -2.12. The Kier molecular flexibility index (Phi) is 2.23. The lowest BCUT2D eigenvalue weighted by atomic mass is 10.0. The number of hydrogen-bond acceptors (Lipinski definition) is 3. The van der Waals surface area contributed by atoms with Gasteiger partial charge in [0.05, 0.1) is 10.5 Å². The molecule has 0 heterocycles. The SMILES string of the molecule is Cc1ccc([N+](=O)[O-])c(CC2(O)CC2)c1. The van der Waals surface area contributed by atoms with E-state index in [-0.39, 0.29) is 10.6 Å². The number of nitro benzene ring substituents is 1. The first kappa shape index (κ1) is 10.1. The number of rotatable bonds is 3. The van der Waals surface area contributed by atoms with Crippen LogP contribution in [0.1, 0.15) is 24.0 Å². The molecule has 0 saturated heterocycles. The smallest absolute Gasteiger partial charge is 0.272 e. The molecule has 1 aromatic carbocycles. The highest BCUT2D eigenvalue weighted by atomic mass is 16.6. The maximum Gasteiger partial charge on any atom is 0.272 e. The Hall–Kier alpha value is -1.42. The Morgan fingerprint density at radius 3 is 2.73 bits per heavy atom. The Morgan fingerprint density at radius 2 is 2.20 bits per heavy atom. The van der Waals surface area contributed by atoms with E-state index in [1.807, 2.05) is 6.92 Å². The summed E-state index contributed by atoms with van der Waals surface area (Å²) >= 11 is 0. The van der Waals surface area contributed by atoms with Crippen molar-refractivity contribution < 1.29 is 10.0 Å². The van der Waals surface area contributed by atoms with Crippen molar-refractivity contribution in [1.82, 2.24) is 0 Å². The van der Waals surface area contributed by atoms with E-state index in [1.54, 1.807) is 12.1 Å². The summed E-state index contributed by atoms with van der Waals surface area (Å²) in [4.78, 5) is 10.4. The third-order valence-corrected chi connectivity index (χ3v) is 2.78. The van der Waals surface area contributed by atoms with Crippen molar-refractivity contribution >= 4 is 5.69 Å². The van der Waals surface area contributed by atoms with Crippen LogP contribution >= 0.6 is 0 Å². The first-order valence-electron chi connectivity index (χ1n) is 4.96. The highest BCUT2D eigenvalue weighted by Crippen LogP contribution is 2.40. The average Bonchev–Trinajstić information content (AvgIpc) is 2.82. The topological polar surface area (TPSA) is 63.4 Å². The van der Waals surface area contributed by atoms with Crippen LogP contribution in [0.2, 0.25) is 0 Å². The molecule has 2 rings (SSSR count). The lowest BCUT2D eigenvalue weighted by Gasteiger charge is -2.08. The molecule has 1 aliphatic carbocycles. The first-order valence-corrected chi connectivity index (χ1v) is 4.96. The maximum atomic E-state index is 10.8. The van der Waals surface area contributed by atoms with Gasteiger partial charge in [-0.1, -0.05) is 11.6 Å². The molecule has 0 amide bonds. The molecular formula is C11H13NO3. The minimum absolute atomic E-state index is 0.112. The molecule has 80 valence electrons. The number of benzene rings is 1. The van der Waals surface area contributed by atoms with Gasteiger partial charge >= 0.3 is 0 Å². The normalized spacial score (nSPS) is 17.5. The molecule has 0 spiro atoms. The van der Waals surface area contributed by atoms with E-state index in [1.165, 1.54) is 6.07 Å². The van der Waals surface area contributed by atoms with Crippen LogP contribution in [0.4, 0.5) is 5.69 Å². The molecule has 1 N–H and O–H groups in total. The Labute approximate surface area is 87.7 Å². The molecule has 4 nitrogen and oxygen atoms in total. The molecule has 0 radical (unpaired) electrons. The van der Waals surface area contributed by atoms with Gasteiger partial charge in [-0.15, -0.1) is 0 Å². The molecule has 0 unspecified atom stereocenters. The third kappa shape index (κ3) is 2.15. The summed E-state index contributed by atoms with van der Waals surface area (Å²) in [5, 5.41) is 20.5. The summed E-state index contributed by atoms with van der Waals surface area (Å²) in [7, 11) is 0. The predicted molar refractivity (Wildman–Crippen MR) is 55.7 cm³/mol. The van der Waals surface area contributed by atoms with Crippen LogP contribution in [0.3, 0.4) is 0 Å². The van der Waals surface area contributed by atoms with Crippen molar-refractivity contribution in [3.8, 4) is 0 Å². The van der Waals surface area contributed by atoms with Crippen molar-refractivity contribution in [3.63, 3.8) is 0 Å². The van der Waals surface area contributed by atoms with Crippen LogP contribution in [0.25, 0.3) is 0 Å². The van der Waals surface area contributed by atoms with Crippen molar-refractivity contribution in [1.29, 1.82) is 0 Å². The molecule has 1 fully saturated rings. The van der Waals surface area contributed by atoms with E-state index in [9.17, 15) is 15.2 Å². The molecular weight excluding hydrogens is 194 g/mol. The zero-order chi connectivity index (χ0) is 11.1. The summed E-state index contributed by atoms with van der Waals surface area (Å²) in [6.45, 7) is 1.89. The van der Waals surface area contributed by atoms with E-state index in [0.29, 0.717) is 12.0 Å². The summed E-state index contributed by atoms with van der Waals surface area (Å²) in [6, 6.07) is 5.02. The fourth-order valence-corrected chi connectivity index (χ4v) is 1.71. The minimum atomic E-state index is -0.682. The van der Waals surface area contributed by atoms with Crippen LogP contribution in [-0.2, 0) is 6.42 Å². The zero-order valence-corrected chi connectivity index (χ0v) is 8.56. The molecule has 0 aromatic heterocycles. The summed E-state index contributed by atoms with van der Waals surface area (Å²) in [6.07, 6.45) is 1.89. The van der Waals surface area contributed by atoms with E-state index in [2.05, 4.69) is 0 Å². The Balaban J connectivity index is 2.34. The zero-order valence-electron chi connectivity index (χ0n) is 8.56. The molecule has 1 aliphatic rings. The van der Waals surface area contributed by atoms with Gasteiger partial charge in [0, 0.05) is 18.1 Å². The molecule has 0 aliphatic heterocycles. The lowest BCUT2D eigenvalue weighted by molar-refractivity contribution is -0.385. The molecule has 1 saturated carbocycles.